The Hall–Kier alpha value is -2.81. The molecule has 2 fully saturated rings. The summed E-state index contributed by atoms with van der Waals surface area (Å²) in [5.74, 6) is -1.50. The predicted octanol–water partition coefficient (Wildman–Crippen LogP) is 3.68. The van der Waals surface area contributed by atoms with Gasteiger partial charge in [0.05, 0.1) is 18.8 Å². The highest BCUT2D eigenvalue weighted by Gasteiger charge is 2.43. The molecule has 9 heteroatoms. The number of anilines is 1. The number of carbonyl (C=O) groups excluding carboxylic acids is 1. The molecule has 2 aliphatic heterocycles. The lowest BCUT2D eigenvalue weighted by Crippen LogP contribution is -2.52. The number of carbonyl (C=O) groups is 2. The van der Waals surface area contributed by atoms with Crippen molar-refractivity contribution < 1.29 is 32.3 Å². The Morgan fingerprint density at radius 3 is 2.38 bits per heavy atom. The predicted molar refractivity (Wildman–Crippen MR) is 98.2 cm³/mol. The van der Waals surface area contributed by atoms with Crippen molar-refractivity contribution in [3.05, 3.63) is 54.5 Å². The van der Waals surface area contributed by atoms with E-state index in [1.54, 1.807) is 6.26 Å². The smallest absolute Gasteiger partial charge is 0.475 e. The molecule has 2 saturated heterocycles. The number of fused-ring (bicyclic) bond motifs is 1. The Labute approximate surface area is 165 Å². The number of amides is 1. The number of benzene rings is 1. The first kappa shape index (κ1) is 20.9. The molecule has 4 rings (SSSR count). The van der Waals surface area contributed by atoms with Gasteiger partial charge in [0, 0.05) is 24.7 Å². The van der Waals surface area contributed by atoms with E-state index in [1.165, 1.54) is 0 Å². The van der Waals surface area contributed by atoms with E-state index in [4.69, 9.17) is 14.3 Å². The van der Waals surface area contributed by atoms with Gasteiger partial charge in [-0.05, 0) is 37.1 Å². The number of rotatable bonds is 3. The van der Waals surface area contributed by atoms with Gasteiger partial charge in [0.15, 0.2) is 0 Å². The van der Waals surface area contributed by atoms with Gasteiger partial charge in [-0.15, -0.1) is 0 Å². The molecule has 6 nitrogen and oxygen atoms in total. The molecule has 0 radical (unpaired) electrons. The molecule has 3 heterocycles. The number of carboxylic acids is 1. The van der Waals surface area contributed by atoms with Crippen molar-refractivity contribution in [2.45, 2.75) is 44.1 Å². The number of carboxylic acid groups (broad SMARTS) is 1. The van der Waals surface area contributed by atoms with Crippen molar-refractivity contribution >= 4 is 17.6 Å². The molecule has 0 saturated carbocycles. The Morgan fingerprint density at radius 1 is 1.10 bits per heavy atom. The monoisotopic (exact) mass is 410 g/mol. The number of alkyl halides is 3. The second-order valence-corrected chi connectivity index (χ2v) is 6.91. The maximum absolute atomic E-state index is 12.4. The van der Waals surface area contributed by atoms with Crippen LogP contribution in [0.1, 0.15) is 25.0 Å². The Balaban J connectivity index is 0.000000298. The molecule has 0 spiro atoms. The second-order valence-electron chi connectivity index (χ2n) is 6.91. The van der Waals surface area contributed by atoms with E-state index in [0.717, 1.165) is 37.4 Å². The number of hydrogen-bond donors (Lipinski definition) is 1. The van der Waals surface area contributed by atoms with Crippen LogP contribution in [0.5, 0.6) is 0 Å². The fourth-order valence-corrected chi connectivity index (χ4v) is 3.88. The normalized spacial score (nSPS) is 22.0. The van der Waals surface area contributed by atoms with Gasteiger partial charge in [0.25, 0.3) is 0 Å². The van der Waals surface area contributed by atoms with E-state index in [-0.39, 0.29) is 5.91 Å². The van der Waals surface area contributed by atoms with Crippen molar-refractivity contribution in [3.8, 4) is 0 Å². The summed E-state index contributed by atoms with van der Waals surface area (Å²) in [6.07, 6.45) is -0.742. The number of nitrogens with zero attached hydrogens (tertiary/aromatic N) is 2. The van der Waals surface area contributed by atoms with Crippen molar-refractivity contribution in [2.24, 2.45) is 0 Å². The van der Waals surface area contributed by atoms with E-state index in [0.29, 0.717) is 18.5 Å². The number of para-hydroxylation sites is 1. The largest absolute Gasteiger partial charge is 0.490 e. The summed E-state index contributed by atoms with van der Waals surface area (Å²) in [6.45, 7) is 1.86. The molecular weight excluding hydrogens is 389 g/mol. The highest BCUT2D eigenvalue weighted by Crippen LogP contribution is 2.35. The fourth-order valence-electron chi connectivity index (χ4n) is 3.88. The molecule has 2 atom stereocenters. The van der Waals surface area contributed by atoms with E-state index in [1.807, 2.05) is 47.4 Å². The highest BCUT2D eigenvalue weighted by molar-refractivity contribution is 5.95. The SMILES string of the molecule is O=C(O)C(F)(F)F.O=C1CC[C@@H]2[C@@H](CCN2Cc2ccco2)N1c1ccccc1. The lowest BCUT2D eigenvalue weighted by Gasteiger charge is -2.39. The number of furan rings is 1. The van der Waals surface area contributed by atoms with E-state index < -0.39 is 12.1 Å². The summed E-state index contributed by atoms with van der Waals surface area (Å²) in [6, 6.07) is 14.8. The first-order valence-corrected chi connectivity index (χ1v) is 9.21. The minimum Gasteiger partial charge on any atom is -0.475 e. The van der Waals surface area contributed by atoms with Gasteiger partial charge in [0.2, 0.25) is 5.91 Å². The summed E-state index contributed by atoms with van der Waals surface area (Å²) in [4.78, 5) is 25.8. The molecular formula is C20H21F3N2O4. The Morgan fingerprint density at radius 2 is 1.79 bits per heavy atom. The third-order valence-electron chi connectivity index (χ3n) is 5.10. The van der Waals surface area contributed by atoms with Crippen molar-refractivity contribution in [2.75, 3.05) is 11.4 Å². The number of halogens is 3. The quantitative estimate of drug-likeness (QED) is 0.836. The lowest BCUT2D eigenvalue weighted by molar-refractivity contribution is -0.192. The number of piperidine rings is 1. The zero-order chi connectivity index (χ0) is 21.0. The topological polar surface area (TPSA) is 74.0 Å². The summed E-state index contributed by atoms with van der Waals surface area (Å²) >= 11 is 0. The average molecular weight is 410 g/mol. The number of aliphatic carboxylic acids is 1. The molecule has 29 heavy (non-hydrogen) atoms. The highest BCUT2D eigenvalue weighted by atomic mass is 19.4. The van der Waals surface area contributed by atoms with Crippen LogP contribution in [0.3, 0.4) is 0 Å². The summed E-state index contributed by atoms with van der Waals surface area (Å²) in [5.41, 5.74) is 1.03. The summed E-state index contributed by atoms with van der Waals surface area (Å²) < 4.78 is 37.2. The van der Waals surface area contributed by atoms with Gasteiger partial charge in [-0.25, -0.2) is 4.79 Å². The zero-order valence-corrected chi connectivity index (χ0v) is 15.5. The van der Waals surface area contributed by atoms with E-state index in [9.17, 15) is 18.0 Å². The molecule has 2 aromatic rings. The molecule has 1 amide bonds. The van der Waals surface area contributed by atoms with Gasteiger partial charge in [0.1, 0.15) is 5.76 Å². The van der Waals surface area contributed by atoms with Gasteiger partial charge in [-0.3, -0.25) is 9.69 Å². The van der Waals surface area contributed by atoms with Gasteiger partial charge in [-0.1, -0.05) is 18.2 Å². The number of likely N-dealkylation sites (tertiary alicyclic amines) is 1. The third kappa shape index (κ3) is 4.97. The van der Waals surface area contributed by atoms with Crippen LogP contribution in [0.25, 0.3) is 0 Å². The van der Waals surface area contributed by atoms with Crippen LogP contribution in [0.2, 0.25) is 0 Å². The van der Waals surface area contributed by atoms with Gasteiger partial charge in [-0.2, -0.15) is 13.2 Å². The van der Waals surface area contributed by atoms with Crippen LogP contribution in [0.4, 0.5) is 18.9 Å². The van der Waals surface area contributed by atoms with Crippen LogP contribution in [-0.4, -0.2) is 46.7 Å². The standard InChI is InChI=1S/C18H20N2O2.C2HF3O2/c21-18-9-8-16-17(20(18)14-5-2-1-3-6-14)10-11-19(16)13-15-7-4-12-22-15;3-2(4,5)1(6)7/h1-7,12,16-17H,8-11,13H2;(H,6,7)/t16-,17-;/m1./s1. The molecule has 0 bridgehead atoms. The molecule has 0 unspecified atom stereocenters. The molecule has 1 N–H and O–H groups in total. The number of hydrogen-bond acceptors (Lipinski definition) is 4. The zero-order valence-electron chi connectivity index (χ0n) is 15.5. The second kappa shape index (κ2) is 8.69. The molecule has 1 aromatic heterocycles. The molecule has 156 valence electrons. The van der Waals surface area contributed by atoms with Crippen LogP contribution >= 0.6 is 0 Å². The van der Waals surface area contributed by atoms with Crippen LogP contribution < -0.4 is 4.90 Å². The molecule has 2 aliphatic rings. The van der Waals surface area contributed by atoms with E-state index in [2.05, 4.69) is 4.90 Å². The van der Waals surface area contributed by atoms with Gasteiger partial charge >= 0.3 is 12.1 Å². The average Bonchev–Trinajstić information content (AvgIpc) is 3.33. The maximum atomic E-state index is 12.4. The minimum absolute atomic E-state index is 0.257. The fraction of sp³-hybridized carbons (Fsp3) is 0.400. The summed E-state index contributed by atoms with van der Waals surface area (Å²) in [5, 5.41) is 7.12. The first-order chi connectivity index (χ1) is 13.8. The summed E-state index contributed by atoms with van der Waals surface area (Å²) in [7, 11) is 0. The van der Waals surface area contributed by atoms with E-state index >= 15 is 0 Å². The molecule has 0 aliphatic carbocycles. The first-order valence-electron chi connectivity index (χ1n) is 9.21. The minimum atomic E-state index is -5.08. The molecule has 1 aromatic carbocycles. The van der Waals surface area contributed by atoms with Crippen LogP contribution in [0, 0.1) is 0 Å². The maximum Gasteiger partial charge on any atom is 0.490 e. The Kier molecular flexibility index (Phi) is 6.26. The van der Waals surface area contributed by atoms with Crippen molar-refractivity contribution in [1.82, 2.24) is 4.90 Å². The Bertz CT molecular complexity index is 824. The van der Waals surface area contributed by atoms with Crippen molar-refractivity contribution in [3.63, 3.8) is 0 Å². The lowest BCUT2D eigenvalue weighted by atomic mass is 9.95. The van der Waals surface area contributed by atoms with Gasteiger partial charge < -0.3 is 14.4 Å². The van der Waals surface area contributed by atoms with Crippen LogP contribution in [0.15, 0.2) is 53.1 Å². The van der Waals surface area contributed by atoms with Crippen molar-refractivity contribution in [1.29, 1.82) is 0 Å². The van der Waals surface area contributed by atoms with Crippen LogP contribution in [-0.2, 0) is 16.1 Å². The third-order valence-corrected chi connectivity index (χ3v) is 5.10.